The van der Waals surface area contributed by atoms with Crippen LogP contribution in [0.25, 0.3) is 0 Å². The third kappa shape index (κ3) is 3.38. The molecule has 4 heteroatoms. The van der Waals surface area contributed by atoms with Crippen molar-refractivity contribution < 1.29 is 4.79 Å². The molecule has 1 amide bonds. The van der Waals surface area contributed by atoms with Crippen molar-refractivity contribution in [3.05, 3.63) is 0 Å². The molecule has 1 saturated heterocycles. The van der Waals surface area contributed by atoms with E-state index in [-0.39, 0.29) is 5.91 Å². The molecule has 1 heterocycles. The number of hydrogen-bond donors (Lipinski definition) is 1. The minimum atomic E-state index is 0.250. The predicted molar refractivity (Wildman–Crippen MR) is 64.1 cm³/mol. The molecule has 0 aromatic rings. The molecule has 2 fully saturated rings. The van der Waals surface area contributed by atoms with Gasteiger partial charge in [0.25, 0.3) is 0 Å². The Morgan fingerprint density at radius 3 is 2.87 bits per heavy atom. The lowest BCUT2D eigenvalue weighted by molar-refractivity contribution is -0.129. The van der Waals surface area contributed by atoms with Crippen LogP contribution in [0.2, 0.25) is 0 Å². The van der Waals surface area contributed by atoms with E-state index in [1.54, 1.807) is 0 Å². The van der Waals surface area contributed by atoms with Gasteiger partial charge in [-0.15, -0.1) is 0 Å². The smallest absolute Gasteiger partial charge is 0.236 e. The molecule has 1 aliphatic carbocycles. The topological polar surface area (TPSA) is 32.3 Å². The van der Waals surface area contributed by atoms with E-state index in [1.165, 1.54) is 31.4 Å². The molecule has 0 aromatic heterocycles. The van der Waals surface area contributed by atoms with Gasteiger partial charge in [-0.1, -0.05) is 0 Å². The molecule has 1 unspecified atom stereocenters. The van der Waals surface area contributed by atoms with Crippen molar-refractivity contribution in [3.8, 4) is 0 Å². The van der Waals surface area contributed by atoms with Crippen LogP contribution in [0, 0.1) is 0 Å². The zero-order valence-electron chi connectivity index (χ0n) is 9.37. The Morgan fingerprint density at radius 2 is 2.27 bits per heavy atom. The number of carbonyl (C=O) groups is 1. The molecule has 0 bridgehead atoms. The first-order valence-corrected chi connectivity index (χ1v) is 6.90. The van der Waals surface area contributed by atoms with E-state index in [0.717, 1.165) is 11.8 Å². The summed E-state index contributed by atoms with van der Waals surface area (Å²) in [7, 11) is 1.92. The maximum absolute atomic E-state index is 11.7. The first-order chi connectivity index (χ1) is 7.27. The standard InChI is InChI=1S/C11H20N2OS/c1-13(9-4-5-9)11(14)8-12-7-10-3-2-6-15-10/h9-10,12H,2-8H2,1H3. The Kier molecular flexibility index (Phi) is 3.92. The summed E-state index contributed by atoms with van der Waals surface area (Å²) >= 11 is 2.03. The molecule has 0 aromatic carbocycles. The molecule has 1 N–H and O–H groups in total. The zero-order valence-corrected chi connectivity index (χ0v) is 10.2. The van der Waals surface area contributed by atoms with Gasteiger partial charge in [-0.2, -0.15) is 11.8 Å². The van der Waals surface area contributed by atoms with Gasteiger partial charge in [0.05, 0.1) is 6.54 Å². The molecule has 1 saturated carbocycles. The average molecular weight is 228 g/mol. The fourth-order valence-electron chi connectivity index (χ4n) is 1.94. The molecule has 2 rings (SSSR count). The van der Waals surface area contributed by atoms with E-state index in [1.807, 2.05) is 23.7 Å². The fourth-order valence-corrected chi connectivity index (χ4v) is 3.17. The molecule has 0 radical (unpaired) electrons. The SMILES string of the molecule is CN(C(=O)CNCC1CCCS1)C1CC1. The number of rotatable bonds is 5. The highest BCUT2D eigenvalue weighted by Gasteiger charge is 2.29. The molecule has 3 nitrogen and oxygen atoms in total. The largest absolute Gasteiger partial charge is 0.342 e. The van der Waals surface area contributed by atoms with Crippen LogP contribution < -0.4 is 5.32 Å². The number of nitrogens with zero attached hydrogens (tertiary/aromatic N) is 1. The second-order valence-electron chi connectivity index (χ2n) is 4.50. The molecule has 1 atom stereocenters. The molecule has 86 valence electrons. The number of amides is 1. The van der Waals surface area contributed by atoms with Crippen LogP contribution in [0.3, 0.4) is 0 Å². The van der Waals surface area contributed by atoms with Crippen molar-refractivity contribution in [2.75, 3.05) is 25.9 Å². The van der Waals surface area contributed by atoms with Crippen molar-refractivity contribution in [2.45, 2.75) is 37.0 Å². The minimum absolute atomic E-state index is 0.250. The highest BCUT2D eigenvalue weighted by atomic mass is 32.2. The fraction of sp³-hybridized carbons (Fsp3) is 0.909. The Bertz CT molecular complexity index is 225. The molecule has 1 aliphatic heterocycles. The van der Waals surface area contributed by atoms with Gasteiger partial charge in [-0.05, 0) is 31.4 Å². The van der Waals surface area contributed by atoms with Crippen LogP contribution in [0.4, 0.5) is 0 Å². The van der Waals surface area contributed by atoms with E-state index in [9.17, 15) is 4.79 Å². The number of hydrogen-bond acceptors (Lipinski definition) is 3. The van der Waals surface area contributed by atoms with Crippen LogP contribution in [-0.4, -0.2) is 48.0 Å². The molecule has 2 aliphatic rings. The quantitative estimate of drug-likeness (QED) is 0.764. The van der Waals surface area contributed by atoms with Crippen molar-refractivity contribution in [3.63, 3.8) is 0 Å². The van der Waals surface area contributed by atoms with E-state index in [2.05, 4.69) is 5.32 Å². The number of nitrogens with one attached hydrogen (secondary N) is 1. The summed E-state index contributed by atoms with van der Waals surface area (Å²) in [5, 5.41) is 4.02. The van der Waals surface area contributed by atoms with E-state index < -0.39 is 0 Å². The van der Waals surface area contributed by atoms with E-state index in [0.29, 0.717) is 12.6 Å². The normalized spacial score (nSPS) is 25.5. The highest BCUT2D eigenvalue weighted by Crippen LogP contribution is 2.26. The van der Waals surface area contributed by atoms with Crippen molar-refractivity contribution >= 4 is 17.7 Å². The Balaban J connectivity index is 1.58. The van der Waals surface area contributed by atoms with Crippen molar-refractivity contribution in [1.82, 2.24) is 10.2 Å². The molecular formula is C11H20N2OS. The van der Waals surface area contributed by atoms with Crippen molar-refractivity contribution in [1.29, 1.82) is 0 Å². The van der Waals surface area contributed by atoms with Crippen LogP contribution in [0.1, 0.15) is 25.7 Å². The maximum Gasteiger partial charge on any atom is 0.236 e. The summed E-state index contributed by atoms with van der Waals surface area (Å²) in [6.45, 7) is 1.51. The summed E-state index contributed by atoms with van der Waals surface area (Å²) in [6.07, 6.45) is 5.04. The summed E-state index contributed by atoms with van der Waals surface area (Å²) in [5.74, 6) is 1.54. The van der Waals surface area contributed by atoms with Gasteiger partial charge in [-0.25, -0.2) is 0 Å². The Labute approximate surface area is 96.0 Å². The summed E-state index contributed by atoms with van der Waals surface area (Å²) in [4.78, 5) is 13.6. The lowest BCUT2D eigenvalue weighted by Gasteiger charge is -2.17. The van der Waals surface area contributed by atoms with Crippen LogP contribution >= 0.6 is 11.8 Å². The highest BCUT2D eigenvalue weighted by molar-refractivity contribution is 8.00. The number of likely N-dealkylation sites (N-methyl/N-ethyl adjacent to an activating group) is 1. The first kappa shape index (κ1) is 11.3. The average Bonchev–Trinajstić information content (AvgIpc) is 2.96. The minimum Gasteiger partial charge on any atom is -0.342 e. The molecule has 15 heavy (non-hydrogen) atoms. The lowest BCUT2D eigenvalue weighted by Crippen LogP contribution is -2.38. The van der Waals surface area contributed by atoms with Gasteiger partial charge >= 0.3 is 0 Å². The van der Waals surface area contributed by atoms with Gasteiger partial charge in [-0.3, -0.25) is 4.79 Å². The number of thioether (sulfide) groups is 1. The molecule has 0 spiro atoms. The van der Waals surface area contributed by atoms with Crippen LogP contribution in [-0.2, 0) is 4.79 Å². The first-order valence-electron chi connectivity index (χ1n) is 5.85. The third-order valence-corrected chi connectivity index (χ3v) is 4.56. The third-order valence-electron chi connectivity index (χ3n) is 3.16. The van der Waals surface area contributed by atoms with Gasteiger partial charge in [0.1, 0.15) is 0 Å². The predicted octanol–water partition coefficient (Wildman–Crippen LogP) is 1.09. The summed E-state index contributed by atoms with van der Waals surface area (Å²) in [5.41, 5.74) is 0. The van der Waals surface area contributed by atoms with Crippen molar-refractivity contribution in [2.24, 2.45) is 0 Å². The maximum atomic E-state index is 11.7. The molecular weight excluding hydrogens is 208 g/mol. The Morgan fingerprint density at radius 1 is 1.47 bits per heavy atom. The van der Waals surface area contributed by atoms with Crippen LogP contribution in [0.5, 0.6) is 0 Å². The van der Waals surface area contributed by atoms with Gasteiger partial charge in [0.2, 0.25) is 5.91 Å². The zero-order chi connectivity index (χ0) is 10.7. The Hall–Kier alpha value is -0.220. The number of carbonyl (C=O) groups excluding carboxylic acids is 1. The second kappa shape index (κ2) is 5.21. The van der Waals surface area contributed by atoms with Gasteiger partial charge in [0, 0.05) is 24.9 Å². The van der Waals surface area contributed by atoms with Crippen LogP contribution in [0.15, 0.2) is 0 Å². The summed E-state index contributed by atoms with van der Waals surface area (Å²) < 4.78 is 0. The van der Waals surface area contributed by atoms with E-state index in [4.69, 9.17) is 0 Å². The van der Waals surface area contributed by atoms with Gasteiger partial charge < -0.3 is 10.2 Å². The lowest BCUT2D eigenvalue weighted by atomic mass is 10.2. The second-order valence-corrected chi connectivity index (χ2v) is 5.91. The summed E-state index contributed by atoms with van der Waals surface area (Å²) in [6, 6.07) is 0.542. The van der Waals surface area contributed by atoms with Gasteiger partial charge in [0.15, 0.2) is 0 Å². The van der Waals surface area contributed by atoms with E-state index >= 15 is 0 Å². The monoisotopic (exact) mass is 228 g/mol.